The molecule has 0 atom stereocenters. The molecular weight excluding hydrogens is 240 g/mol. The number of hydrogen-bond acceptors (Lipinski definition) is 3. The first-order valence-corrected chi connectivity index (χ1v) is 6.75. The summed E-state index contributed by atoms with van der Waals surface area (Å²) in [5.41, 5.74) is 5.89. The van der Waals surface area contributed by atoms with Crippen LogP contribution in [0.5, 0.6) is 0 Å². The smallest absolute Gasteiger partial charge is 0.0931 e. The molecular formula is C12H21ClN2S. The van der Waals surface area contributed by atoms with E-state index in [0.29, 0.717) is 0 Å². The van der Waals surface area contributed by atoms with Crippen molar-refractivity contribution in [2.45, 2.75) is 26.8 Å². The lowest BCUT2D eigenvalue weighted by Crippen LogP contribution is -2.32. The minimum Gasteiger partial charge on any atom is -0.330 e. The van der Waals surface area contributed by atoms with Gasteiger partial charge in [0.1, 0.15) is 0 Å². The summed E-state index contributed by atoms with van der Waals surface area (Å²) in [6, 6.07) is 4.06. The zero-order chi connectivity index (χ0) is 12.2. The van der Waals surface area contributed by atoms with Crippen molar-refractivity contribution in [3.8, 4) is 0 Å². The van der Waals surface area contributed by atoms with Gasteiger partial charge in [0.2, 0.25) is 0 Å². The minimum atomic E-state index is 0.282. The standard InChI is InChI=1S/C12H21ClN2S/c1-12(2,6-7-14)9-15(3)8-10-4-5-11(13)16-10/h4-5H,6-9,14H2,1-3H3. The average molecular weight is 261 g/mol. The molecule has 0 saturated carbocycles. The van der Waals surface area contributed by atoms with Gasteiger partial charge in [-0.15, -0.1) is 11.3 Å². The lowest BCUT2D eigenvalue weighted by molar-refractivity contribution is 0.196. The molecule has 0 aliphatic rings. The monoisotopic (exact) mass is 260 g/mol. The van der Waals surface area contributed by atoms with E-state index in [1.165, 1.54) is 4.88 Å². The molecule has 0 unspecified atom stereocenters. The number of nitrogens with zero attached hydrogens (tertiary/aromatic N) is 1. The number of nitrogens with two attached hydrogens (primary N) is 1. The van der Waals surface area contributed by atoms with Gasteiger partial charge in [-0.1, -0.05) is 25.4 Å². The van der Waals surface area contributed by atoms with Gasteiger partial charge in [0.25, 0.3) is 0 Å². The Morgan fingerprint density at radius 3 is 2.62 bits per heavy atom. The highest BCUT2D eigenvalue weighted by Crippen LogP contribution is 2.25. The maximum Gasteiger partial charge on any atom is 0.0931 e. The van der Waals surface area contributed by atoms with E-state index in [-0.39, 0.29) is 5.41 Å². The van der Waals surface area contributed by atoms with Crippen molar-refractivity contribution in [2.24, 2.45) is 11.1 Å². The quantitative estimate of drug-likeness (QED) is 0.851. The third kappa shape index (κ3) is 4.83. The second-order valence-corrected chi connectivity index (χ2v) is 6.88. The molecule has 92 valence electrons. The van der Waals surface area contributed by atoms with E-state index in [9.17, 15) is 0 Å². The van der Waals surface area contributed by atoms with E-state index in [1.807, 2.05) is 6.07 Å². The molecule has 1 rings (SSSR count). The van der Waals surface area contributed by atoms with Gasteiger partial charge in [-0.05, 0) is 37.6 Å². The summed E-state index contributed by atoms with van der Waals surface area (Å²) >= 11 is 7.56. The highest BCUT2D eigenvalue weighted by molar-refractivity contribution is 7.16. The van der Waals surface area contributed by atoms with Crippen LogP contribution in [0.2, 0.25) is 4.34 Å². The molecule has 0 aromatic carbocycles. The van der Waals surface area contributed by atoms with Crippen LogP contribution in [0.15, 0.2) is 12.1 Å². The Balaban J connectivity index is 2.44. The first-order valence-electron chi connectivity index (χ1n) is 5.56. The van der Waals surface area contributed by atoms with Crippen LogP contribution in [0.3, 0.4) is 0 Å². The van der Waals surface area contributed by atoms with Crippen LogP contribution in [-0.4, -0.2) is 25.0 Å². The lowest BCUT2D eigenvalue weighted by Gasteiger charge is -2.29. The van der Waals surface area contributed by atoms with E-state index in [0.717, 1.165) is 30.4 Å². The van der Waals surface area contributed by atoms with Gasteiger partial charge < -0.3 is 10.6 Å². The molecule has 0 spiro atoms. The van der Waals surface area contributed by atoms with Crippen molar-refractivity contribution in [2.75, 3.05) is 20.1 Å². The zero-order valence-corrected chi connectivity index (χ0v) is 11.9. The fourth-order valence-corrected chi connectivity index (χ4v) is 3.13. The molecule has 0 bridgehead atoms. The first kappa shape index (κ1) is 14.0. The molecule has 2 N–H and O–H groups in total. The Labute approximate surface area is 107 Å². The maximum atomic E-state index is 5.91. The molecule has 1 heterocycles. The van der Waals surface area contributed by atoms with E-state index in [4.69, 9.17) is 17.3 Å². The summed E-state index contributed by atoms with van der Waals surface area (Å²) in [5, 5.41) is 0. The van der Waals surface area contributed by atoms with Crippen LogP contribution in [0, 0.1) is 5.41 Å². The van der Waals surface area contributed by atoms with Gasteiger partial charge in [0, 0.05) is 18.0 Å². The van der Waals surface area contributed by atoms with Crippen molar-refractivity contribution in [3.05, 3.63) is 21.3 Å². The Morgan fingerprint density at radius 2 is 2.12 bits per heavy atom. The normalized spacial score (nSPS) is 12.4. The maximum absolute atomic E-state index is 5.91. The van der Waals surface area contributed by atoms with Crippen molar-refractivity contribution in [1.82, 2.24) is 4.90 Å². The van der Waals surface area contributed by atoms with Crippen molar-refractivity contribution < 1.29 is 0 Å². The van der Waals surface area contributed by atoms with E-state index in [1.54, 1.807) is 11.3 Å². The number of hydrogen-bond donors (Lipinski definition) is 1. The highest BCUT2D eigenvalue weighted by Gasteiger charge is 2.19. The second kappa shape index (κ2) is 6.01. The molecule has 0 radical (unpaired) electrons. The van der Waals surface area contributed by atoms with Gasteiger partial charge >= 0.3 is 0 Å². The molecule has 0 aliphatic heterocycles. The fourth-order valence-electron chi connectivity index (χ4n) is 1.96. The van der Waals surface area contributed by atoms with E-state index in [2.05, 4.69) is 31.9 Å². The molecule has 0 fully saturated rings. The SMILES string of the molecule is CN(Cc1ccc(Cl)s1)CC(C)(C)CCN. The summed E-state index contributed by atoms with van der Waals surface area (Å²) in [6.45, 7) is 7.30. The van der Waals surface area contributed by atoms with Gasteiger partial charge in [-0.2, -0.15) is 0 Å². The molecule has 2 nitrogen and oxygen atoms in total. The van der Waals surface area contributed by atoms with Crippen LogP contribution in [0.4, 0.5) is 0 Å². The minimum absolute atomic E-state index is 0.282. The molecule has 1 aromatic heterocycles. The van der Waals surface area contributed by atoms with E-state index < -0.39 is 0 Å². The van der Waals surface area contributed by atoms with Crippen molar-refractivity contribution in [3.63, 3.8) is 0 Å². The average Bonchev–Trinajstić information content (AvgIpc) is 2.49. The highest BCUT2D eigenvalue weighted by atomic mass is 35.5. The largest absolute Gasteiger partial charge is 0.330 e. The number of halogens is 1. The third-order valence-electron chi connectivity index (χ3n) is 2.57. The summed E-state index contributed by atoms with van der Waals surface area (Å²) < 4.78 is 0.865. The number of thiophene rings is 1. The predicted octanol–water partition coefficient (Wildman–Crippen LogP) is 3.21. The Morgan fingerprint density at radius 1 is 1.44 bits per heavy atom. The molecule has 0 amide bonds. The van der Waals surface area contributed by atoms with Gasteiger partial charge in [0.05, 0.1) is 4.34 Å². The van der Waals surface area contributed by atoms with Crippen LogP contribution >= 0.6 is 22.9 Å². The topological polar surface area (TPSA) is 29.3 Å². The summed E-state index contributed by atoms with van der Waals surface area (Å²) in [4.78, 5) is 3.65. The van der Waals surface area contributed by atoms with Crippen LogP contribution in [0.25, 0.3) is 0 Å². The Bertz CT molecular complexity index is 323. The first-order chi connectivity index (χ1) is 7.43. The van der Waals surface area contributed by atoms with Crippen LogP contribution in [-0.2, 0) is 6.54 Å². The zero-order valence-electron chi connectivity index (χ0n) is 10.3. The summed E-state index contributed by atoms with van der Waals surface area (Å²) in [6.07, 6.45) is 1.06. The molecule has 0 aliphatic carbocycles. The molecule has 16 heavy (non-hydrogen) atoms. The molecule has 0 saturated heterocycles. The van der Waals surface area contributed by atoms with Gasteiger partial charge in [-0.3, -0.25) is 0 Å². The second-order valence-electron chi connectivity index (χ2n) is 5.08. The van der Waals surface area contributed by atoms with Gasteiger partial charge in [-0.25, -0.2) is 0 Å². The van der Waals surface area contributed by atoms with Crippen LogP contribution < -0.4 is 5.73 Å². The fraction of sp³-hybridized carbons (Fsp3) is 0.667. The summed E-state index contributed by atoms with van der Waals surface area (Å²) in [7, 11) is 2.14. The summed E-state index contributed by atoms with van der Waals surface area (Å²) in [5.74, 6) is 0. The Kier molecular flexibility index (Phi) is 5.25. The Hall–Kier alpha value is -0.0900. The van der Waals surface area contributed by atoms with Crippen molar-refractivity contribution in [1.29, 1.82) is 0 Å². The third-order valence-corrected chi connectivity index (χ3v) is 3.79. The molecule has 4 heteroatoms. The van der Waals surface area contributed by atoms with Crippen molar-refractivity contribution >= 4 is 22.9 Å². The van der Waals surface area contributed by atoms with Crippen LogP contribution in [0.1, 0.15) is 25.1 Å². The predicted molar refractivity (Wildman–Crippen MR) is 73.1 cm³/mol. The number of rotatable bonds is 6. The van der Waals surface area contributed by atoms with Gasteiger partial charge in [0.15, 0.2) is 0 Å². The van der Waals surface area contributed by atoms with E-state index >= 15 is 0 Å². The molecule has 1 aromatic rings. The lowest BCUT2D eigenvalue weighted by atomic mass is 9.89.